The van der Waals surface area contributed by atoms with Crippen LogP contribution in [0.1, 0.15) is 15.9 Å². The summed E-state index contributed by atoms with van der Waals surface area (Å²) in [5.41, 5.74) is 7.00. The Kier molecular flexibility index (Phi) is 3.02. The summed E-state index contributed by atoms with van der Waals surface area (Å²) < 4.78 is 9.85. The second-order valence-electron chi connectivity index (χ2n) is 3.57. The second-order valence-corrected chi connectivity index (χ2v) is 3.57. The zero-order valence-corrected chi connectivity index (χ0v) is 9.64. The van der Waals surface area contributed by atoms with E-state index in [0.29, 0.717) is 16.9 Å². The average Bonchev–Trinajstić information content (AvgIpc) is 2.79. The SMILES string of the molecule is COC(=O)c1ccc(-c2cc(C#N)c(N)o2)cc1. The normalized spacial score (nSPS) is 9.78. The molecule has 18 heavy (non-hydrogen) atoms. The molecule has 2 rings (SSSR count). The lowest BCUT2D eigenvalue weighted by atomic mass is 10.1. The van der Waals surface area contributed by atoms with Crippen LogP contribution in [0, 0.1) is 11.3 Å². The average molecular weight is 242 g/mol. The maximum absolute atomic E-state index is 11.3. The molecule has 0 unspecified atom stereocenters. The highest BCUT2D eigenvalue weighted by Crippen LogP contribution is 2.27. The molecular formula is C13H10N2O3. The fourth-order valence-corrected chi connectivity index (χ4v) is 1.52. The van der Waals surface area contributed by atoms with Gasteiger partial charge in [-0.15, -0.1) is 0 Å². The Labute approximate surface area is 103 Å². The molecule has 0 spiro atoms. The summed E-state index contributed by atoms with van der Waals surface area (Å²) in [6.07, 6.45) is 0. The van der Waals surface area contributed by atoms with Crippen LogP contribution in [0.15, 0.2) is 34.7 Å². The van der Waals surface area contributed by atoms with Gasteiger partial charge in [0.05, 0.1) is 12.7 Å². The van der Waals surface area contributed by atoms with Crippen LogP contribution in [0.3, 0.4) is 0 Å². The number of benzene rings is 1. The summed E-state index contributed by atoms with van der Waals surface area (Å²) in [6.45, 7) is 0. The molecule has 0 saturated carbocycles. The van der Waals surface area contributed by atoms with E-state index in [0.717, 1.165) is 5.56 Å². The third-order valence-electron chi connectivity index (χ3n) is 2.47. The summed E-state index contributed by atoms with van der Waals surface area (Å²) in [7, 11) is 1.32. The van der Waals surface area contributed by atoms with Crippen molar-refractivity contribution in [2.24, 2.45) is 0 Å². The zero-order chi connectivity index (χ0) is 13.1. The first-order valence-electron chi connectivity index (χ1n) is 5.14. The van der Waals surface area contributed by atoms with Gasteiger partial charge in [-0.3, -0.25) is 0 Å². The molecule has 0 bridgehead atoms. The summed E-state index contributed by atoms with van der Waals surface area (Å²) >= 11 is 0. The summed E-state index contributed by atoms with van der Waals surface area (Å²) in [5.74, 6) is 0.170. The van der Waals surface area contributed by atoms with Crippen molar-refractivity contribution in [1.82, 2.24) is 0 Å². The van der Waals surface area contributed by atoms with Gasteiger partial charge in [0, 0.05) is 11.6 Å². The third kappa shape index (κ3) is 2.04. The Balaban J connectivity index is 2.34. The Hall–Kier alpha value is -2.74. The van der Waals surface area contributed by atoms with Crippen LogP contribution < -0.4 is 5.73 Å². The van der Waals surface area contributed by atoms with Crippen molar-refractivity contribution in [2.45, 2.75) is 0 Å². The Morgan fingerprint density at radius 2 is 2.06 bits per heavy atom. The van der Waals surface area contributed by atoms with E-state index >= 15 is 0 Å². The predicted octanol–water partition coefficient (Wildman–Crippen LogP) is 2.19. The first-order chi connectivity index (χ1) is 8.65. The first kappa shape index (κ1) is 11.7. The van der Waals surface area contributed by atoms with E-state index in [4.69, 9.17) is 15.4 Å². The van der Waals surface area contributed by atoms with Crippen LogP contribution in [0.4, 0.5) is 5.88 Å². The van der Waals surface area contributed by atoms with Gasteiger partial charge in [0.15, 0.2) is 0 Å². The molecule has 0 atom stereocenters. The number of nitriles is 1. The number of carbonyl (C=O) groups is 1. The monoisotopic (exact) mass is 242 g/mol. The molecular weight excluding hydrogens is 232 g/mol. The van der Waals surface area contributed by atoms with E-state index < -0.39 is 5.97 Å². The van der Waals surface area contributed by atoms with Crippen molar-refractivity contribution in [3.63, 3.8) is 0 Å². The number of anilines is 1. The molecule has 0 aliphatic carbocycles. The smallest absolute Gasteiger partial charge is 0.337 e. The van der Waals surface area contributed by atoms with Crippen LogP contribution in [0.25, 0.3) is 11.3 Å². The number of methoxy groups -OCH3 is 1. The van der Waals surface area contributed by atoms with Crippen LogP contribution >= 0.6 is 0 Å². The molecule has 1 aromatic carbocycles. The highest BCUT2D eigenvalue weighted by Gasteiger charge is 2.10. The maximum atomic E-state index is 11.3. The number of ether oxygens (including phenoxy) is 1. The fourth-order valence-electron chi connectivity index (χ4n) is 1.52. The van der Waals surface area contributed by atoms with Crippen LogP contribution in [0.2, 0.25) is 0 Å². The maximum Gasteiger partial charge on any atom is 0.337 e. The number of nitrogen functional groups attached to an aromatic ring is 1. The minimum Gasteiger partial charge on any atom is -0.465 e. The standard InChI is InChI=1S/C13H10N2O3/c1-17-13(16)9-4-2-8(3-5-9)11-6-10(7-14)12(15)18-11/h2-6H,15H2,1H3. The lowest BCUT2D eigenvalue weighted by molar-refractivity contribution is 0.0601. The van der Waals surface area contributed by atoms with Gasteiger partial charge >= 0.3 is 5.97 Å². The summed E-state index contributed by atoms with van der Waals surface area (Å²) in [5, 5.41) is 8.78. The molecule has 1 aromatic heterocycles. The van der Waals surface area contributed by atoms with Crippen molar-refractivity contribution in [3.05, 3.63) is 41.5 Å². The van der Waals surface area contributed by atoms with Gasteiger partial charge in [-0.2, -0.15) is 5.26 Å². The molecule has 2 N–H and O–H groups in total. The third-order valence-corrected chi connectivity index (χ3v) is 2.47. The van der Waals surface area contributed by atoms with Crippen molar-refractivity contribution in [2.75, 3.05) is 12.8 Å². The Morgan fingerprint density at radius 3 is 2.56 bits per heavy atom. The van der Waals surface area contributed by atoms with E-state index in [2.05, 4.69) is 4.74 Å². The number of nitrogens with two attached hydrogens (primary N) is 1. The molecule has 5 nitrogen and oxygen atoms in total. The van der Waals surface area contributed by atoms with E-state index in [1.807, 2.05) is 6.07 Å². The van der Waals surface area contributed by atoms with Gasteiger partial charge in [0.25, 0.3) is 0 Å². The van der Waals surface area contributed by atoms with E-state index in [1.165, 1.54) is 7.11 Å². The Bertz CT molecular complexity index is 621. The molecule has 0 radical (unpaired) electrons. The van der Waals surface area contributed by atoms with Gasteiger partial charge in [0.1, 0.15) is 17.4 Å². The Morgan fingerprint density at radius 1 is 1.39 bits per heavy atom. The largest absolute Gasteiger partial charge is 0.465 e. The highest BCUT2D eigenvalue weighted by molar-refractivity contribution is 5.89. The van der Waals surface area contributed by atoms with Gasteiger partial charge in [-0.05, 0) is 12.1 Å². The highest BCUT2D eigenvalue weighted by atomic mass is 16.5. The number of carbonyl (C=O) groups excluding carboxylic acids is 1. The lowest BCUT2D eigenvalue weighted by Gasteiger charge is -2.00. The molecule has 0 aliphatic heterocycles. The predicted molar refractivity (Wildman–Crippen MR) is 64.6 cm³/mol. The summed E-state index contributed by atoms with van der Waals surface area (Å²) in [6, 6.07) is 10.1. The number of nitrogens with zero attached hydrogens (tertiary/aromatic N) is 1. The van der Waals surface area contributed by atoms with Crippen molar-refractivity contribution >= 4 is 11.9 Å². The summed E-state index contributed by atoms with van der Waals surface area (Å²) in [4.78, 5) is 11.3. The van der Waals surface area contributed by atoms with Gasteiger partial charge in [0.2, 0.25) is 5.88 Å². The lowest BCUT2D eigenvalue weighted by Crippen LogP contribution is -2.00. The van der Waals surface area contributed by atoms with Gasteiger partial charge < -0.3 is 14.9 Å². The zero-order valence-electron chi connectivity index (χ0n) is 9.64. The molecule has 0 fully saturated rings. The minimum absolute atomic E-state index is 0.0875. The minimum atomic E-state index is -0.404. The quantitative estimate of drug-likeness (QED) is 0.815. The van der Waals surface area contributed by atoms with Crippen molar-refractivity contribution < 1.29 is 13.9 Å². The van der Waals surface area contributed by atoms with Crippen LogP contribution in [-0.2, 0) is 4.74 Å². The molecule has 1 heterocycles. The number of esters is 1. The van der Waals surface area contributed by atoms with E-state index in [-0.39, 0.29) is 5.88 Å². The molecule has 5 heteroatoms. The molecule has 0 saturated heterocycles. The second kappa shape index (κ2) is 4.63. The van der Waals surface area contributed by atoms with E-state index in [9.17, 15) is 4.79 Å². The molecule has 0 aliphatic rings. The van der Waals surface area contributed by atoms with Crippen LogP contribution in [-0.4, -0.2) is 13.1 Å². The fraction of sp³-hybridized carbons (Fsp3) is 0.0769. The van der Waals surface area contributed by atoms with Crippen molar-refractivity contribution in [3.8, 4) is 17.4 Å². The van der Waals surface area contributed by atoms with E-state index in [1.54, 1.807) is 30.3 Å². The molecule has 2 aromatic rings. The number of hydrogen-bond acceptors (Lipinski definition) is 5. The van der Waals surface area contributed by atoms with Crippen molar-refractivity contribution in [1.29, 1.82) is 5.26 Å². The molecule has 90 valence electrons. The number of rotatable bonds is 2. The number of hydrogen-bond donors (Lipinski definition) is 1. The van der Waals surface area contributed by atoms with Gasteiger partial charge in [-0.1, -0.05) is 12.1 Å². The molecule has 0 amide bonds. The topological polar surface area (TPSA) is 89.2 Å². The van der Waals surface area contributed by atoms with Crippen LogP contribution in [0.5, 0.6) is 0 Å². The first-order valence-corrected chi connectivity index (χ1v) is 5.14. The number of furan rings is 1. The van der Waals surface area contributed by atoms with Gasteiger partial charge in [-0.25, -0.2) is 4.79 Å².